The van der Waals surface area contributed by atoms with Crippen LogP contribution in [0.1, 0.15) is 178 Å². The van der Waals surface area contributed by atoms with Crippen LogP contribution in [0.5, 0.6) is 0 Å². The summed E-state index contributed by atoms with van der Waals surface area (Å²) in [4.78, 5) is 2.63. The van der Waals surface area contributed by atoms with Gasteiger partial charge in [0.05, 0.1) is 37.0 Å². The van der Waals surface area contributed by atoms with Crippen LogP contribution in [-0.4, -0.2) is 121 Å². The van der Waals surface area contributed by atoms with Gasteiger partial charge in [0.15, 0.2) is 6.29 Å². The first-order chi connectivity index (χ1) is 25.8. The maximum Gasteiger partial charge on any atom is 0.186 e. The van der Waals surface area contributed by atoms with E-state index >= 15 is 0 Å². The summed E-state index contributed by atoms with van der Waals surface area (Å²) in [5, 5.41) is 70.6. The molecule has 2 aliphatic rings. The van der Waals surface area contributed by atoms with Crippen LogP contribution in [0.25, 0.3) is 0 Å². The Labute approximate surface area is 321 Å². The van der Waals surface area contributed by atoms with Gasteiger partial charge in [0.1, 0.15) is 24.4 Å². The van der Waals surface area contributed by atoms with E-state index in [0.29, 0.717) is 12.1 Å². The molecular weight excluding hydrogens is 674 g/mol. The highest BCUT2D eigenvalue weighted by atomic mass is 16.7. The molecule has 0 aromatic carbocycles. The van der Waals surface area contributed by atoms with Gasteiger partial charge >= 0.3 is 0 Å². The number of hydrogen-bond donors (Lipinski definition) is 7. The summed E-state index contributed by atoms with van der Waals surface area (Å²) in [6.07, 6.45) is 20.8. The van der Waals surface area contributed by atoms with Crippen LogP contribution in [0, 0.1) is 0 Å². The summed E-state index contributed by atoms with van der Waals surface area (Å²) in [5.41, 5.74) is 1.51. The number of unbranched alkanes of at least 4 members (excludes halogenated alkanes) is 18. The molecule has 11 nitrogen and oxygen atoms in total. The second kappa shape index (κ2) is 28.3. The van der Waals surface area contributed by atoms with Crippen molar-refractivity contribution < 1.29 is 40.1 Å². The van der Waals surface area contributed by atoms with Crippen LogP contribution in [0.4, 0.5) is 0 Å². The van der Waals surface area contributed by atoms with Crippen molar-refractivity contribution in [2.75, 3.05) is 32.8 Å². The smallest absolute Gasteiger partial charge is 0.186 e. The number of ether oxygens (including phenoxy) is 2. The molecule has 8 atom stereocenters. The zero-order chi connectivity index (χ0) is 38.1. The van der Waals surface area contributed by atoms with Gasteiger partial charge in [0, 0.05) is 5.69 Å². The predicted octanol–water partition coefficient (Wildman–Crippen LogP) is 6.27. The topological polar surface area (TPSA) is 172 Å². The number of likely N-dealkylation sites (tertiary alicyclic amines) is 1. The molecule has 1 aromatic heterocycles. The molecular formula is C42H79N3O8. The molecule has 2 fully saturated rings. The highest BCUT2D eigenvalue weighted by Crippen LogP contribution is 2.28. The van der Waals surface area contributed by atoms with E-state index in [9.17, 15) is 30.6 Å². The third-order valence-electron chi connectivity index (χ3n) is 11.6. The number of nitrogens with zero attached hydrogens (tertiary/aromatic N) is 2. The van der Waals surface area contributed by atoms with Gasteiger partial charge in [-0.15, -0.1) is 0 Å². The van der Waals surface area contributed by atoms with Crippen LogP contribution in [0.2, 0.25) is 0 Å². The predicted molar refractivity (Wildman–Crippen MR) is 210 cm³/mol. The second-order valence-electron chi connectivity index (χ2n) is 16.2. The third kappa shape index (κ3) is 18.1. The number of nitrogens with one attached hydrogen (secondary N) is 1. The molecule has 0 radical (unpaired) electrons. The minimum Gasteiger partial charge on any atom is -0.394 e. The Hall–Kier alpha value is -1.15. The highest BCUT2D eigenvalue weighted by Gasteiger charge is 2.44. The average Bonchev–Trinajstić information content (AvgIpc) is 3.64. The normalized spacial score (nSPS) is 24.4. The molecule has 0 amide bonds. The van der Waals surface area contributed by atoms with E-state index in [2.05, 4.69) is 22.0 Å². The fraction of sp³-hybridized carbons (Fsp3) is 0.929. The number of rotatable bonds is 31. The molecule has 11 heteroatoms. The van der Waals surface area contributed by atoms with Gasteiger partial charge in [-0.1, -0.05) is 129 Å². The Morgan fingerprint density at radius 1 is 0.755 bits per heavy atom. The van der Waals surface area contributed by atoms with Gasteiger partial charge in [-0.3, -0.25) is 5.10 Å². The van der Waals surface area contributed by atoms with E-state index in [1.54, 1.807) is 0 Å². The minimum absolute atomic E-state index is 0.151. The Bertz CT molecular complexity index is 1010. The zero-order valence-electron chi connectivity index (χ0n) is 33.3. The van der Waals surface area contributed by atoms with Crippen LogP contribution in [-0.2, 0) is 15.9 Å². The number of aromatic nitrogens is 2. The molecule has 0 aliphatic carbocycles. The number of aliphatic hydroxyl groups is 6. The van der Waals surface area contributed by atoms with Crippen molar-refractivity contribution in [2.24, 2.45) is 0 Å². The van der Waals surface area contributed by atoms with E-state index in [4.69, 9.17) is 9.47 Å². The van der Waals surface area contributed by atoms with Crippen molar-refractivity contribution in [1.82, 2.24) is 15.1 Å². The number of H-pyrrole nitrogens is 1. The monoisotopic (exact) mass is 754 g/mol. The van der Waals surface area contributed by atoms with E-state index in [0.717, 1.165) is 44.2 Å². The Balaban J connectivity index is 1.41. The molecule has 3 heterocycles. The molecule has 2 aliphatic heterocycles. The lowest BCUT2D eigenvalue weighted by molar-refractivity contribution is -0.303. The molecule has 2 saturated heterocycles. The van der Waals surface area contributed by atoms with Crippen molar-refractivity contribution in [3.8, 4) is 0 Å². The van der Waals surface area contributed by atoms with Gasteiger partial charge in [0.25, 0.3) is 0 Å². The molecule has 0 spiro atoms. The summed E-state index contributed by atoms with van der Waals surface area (Å²) in [7, 11) is 0. The van der Waals surface area contributed by atoms with E-state index in [1.807, 2.05) is 6.07 Å². The molecule has 7 N–H and O–H groups in total. The Morgan fingerprint density at radius 2 is 1.32 bits per heavy atom. The van der Waals surface area contributed by atoms with Crippen LogP contribution < -0.4 is 0 Å². The maximum atomic E-state index is 11.4. The van der Waals surface area contributed by atoms with Gasteiger partial charge in [-0.05, 0) is 64.2 Å². The van der Waals surface area contributed by atoms with Crippen LogP contribution >= 0.6 is 0 Å². The second-order valence-corrected chi connectivity index (χ2v) is 16.2. The summed E-state index contributed by atoms with van der Waals surface area (Å²) in [5.74, 6) is -0.727. The molecule has 310 valence electrons. The quantitative estimate of drug-likeness (QED) is 0.0429. The van der Waals surface area contributed by atoms with Gasteiger partial charge < -0.3 is 45.0 Å². The molecule has 53 heavy (non-hydrogen) atoms. The van der Waals surface area contributed by atoms with Crippen molar-refractivity contribution in [3.63, 3.8) is 0 Å². The van der Waals surface area contributed by atoms with Crippen LogP contribution in [0.15, 0.2) is 6.07 Å². The Kier molecular flexibility index (Phi) is 24.7. The molecule has 3 rings (SSSR count). The average molecular weight is 754 g/mol. The fourth-order valence-electron chi connectivity index (χ4n) is 7.99. The summed E-state index contributed by atoms with van der Waals surface area (Å²) in [6.45, 7) is 5.38. The van der Waals surface area contributed by atoms with Crippen molar-refractivity contribution in [2.45, 2.75) is 216 Å². The van der Waals surface area contributed by atoms with E-state index in [-0.39, 0.29) is 6.61 Å². The maximum absolute atomic E-state index is 11.4. The van der Waals surface area contributed by atoms with E-state index in [1.165, 1.54) is 135 Å². The number of piperidine rings is 1. The lowest BCUT2D eigenvalue weighted by atomic mass is 9.91. The molecule has 5 unspecified atom stereocenters. The molecule has 0 bridgehead atoms. The summed E-state index contributed by atoms with van der Waals surface area (Å²) >= 11 is 0. The third-order valence-corrected chi connectivity index (χ3v) is 11.6. The van der Waals surface area contributed by atoms with Gasteiger partial charge in [0.2, 0.25) is 0 Å². The number of aromatic amines is 1. The lowest BCUT2D eigenvalue weighted by Crippen LogP contribution is -2.59. The standard InChI is InChI=1S/C42H79N3O8/c1-2-3-4-5-6-7-8-9-10-14-17-21-26-36(47)38(48)34(32-52-42-41(51)40(50)39(49)37(31-46)53-42)35-30-33(43-44-35)25-20-16-13-11-12-15-18-22-27-45-28-23-19-24-29-45/h30,34,36-42,46-51H,2-29,31-32H2,1H3,(H,43,44)/t34-,36-,37?,38+,39?,40?,41?,42?/m1/s1. The SMILES string of the molecule is CCCCCCCCCCCCCC[C@@H](O)[C@@H](O)[C@H](COC1OC(CO)C(O)C(O)C1O)c1cc(CCCCCCCCCCN2CCCCC2)[nH]n1. The highest BCUT2D eigenvalue weighted by molar-refractivity contribution is 5.16. The van der Waals surface area contributed by atoms with E-state index < -0.39 is 55.4 Å². The Morgan fingerprint density at radius 3 is 1.92 bits per heavy atom. The molecule has 1 aromatic rings. The first kappa shape index (κ1) is 46.2. The first-order valence-electron chi connectivity index (χ1n) is 21.9. The number of aliphatic hydroxyl groups excluding tert-OH is 6. The fourth-order valence-corrected chi connectivity index (χ4v) is 7.99. The number of hydrogen-bond acceptors (Lipinski definition) is 10. The zero-order valence-corrected chi connectivity index (χ0v) is 33.3. The lowest BCUT2D eigenvalue weighted by Gasteiger charge is -2.40. The largest absolute Gasteiger partial charge is 0.394 e. The van der Waals surface area contributed by atoms with Gasteiger partial charge in [-0.2, -0.15) is 5.10 Å². The molecule has 0 saturated carbocycles. The number of aryl methyl sites for hydroxylation is 1. The van der Waals surface area contributed by atoms with Gasteiger partial charge in [-0.25, -0.2) is 0 Å². The summed E-state index contributed by atoms with van der Waals surface area (Å²) in [6, 6.07) is 1.92. The van der Waals surface area contributed by atoms with Crippen molar-refractivity contribution in [1.29, 1.82) is 0 Å². The van der Waals surface area contributed by atoms with Crippen LogP contribution in [0.3, 0.4) is 0 Å². The summed E-state index contributed by atoms with van der Waals surface area (Å²) < 4.78 is 11.4. The van der Waals surface area contributed by atoms with Crippen molar-refractivity contribution in [3.05, 3.63) is 17.5 Å². The first-order valence-corrected chi connectivity index (χ1v) is 21.9. The van der Waals surface area contributed by atoms with Crippen molar-refractivity contribution >= 4 is 0 Å². The minimum atomic E-state index is -1.56.